The number of benzene rings is 2. The molecule has 3 rings (SSSR count). The van der Waals surface area contributed by atoms with Crippen molar-refractivity contribution in [2.45, 2.75) is 40.2 Å². The van der Waals surface area contributed by atoms with Gasteiger partial charge >= 0.3 is 0 Å². The van der Waals surface area contributed by atoms with E-state index in [4.69, 9.17) is 0 Å². The van der Waals surface area contributed by atoms with Crippen molar-refractivity contribution in [3.8, 4) is 0 Å². The van der Waals surface area contributed by atoms with Crippen molar-refractivity contribution in [1.82, 2.24) is 10.3 Å². The van der Waals surface area contributed by atoms with E-state index < -0.39 is 0 Å². The number of hydrogen-bond acceptors (Lipinski definition) is 2. The van der Waals surface area contributed by atoms with Crippen molar-refractivity contribution in [3.05, 3.63) is 64.8 Å². The van der Waals surface area contributed by atoms with E-state index in [1.807, 2.05) is 56.3 Å². The number of hydrogen-bond donors (Lipinski definition) is 3. The highest BCUT2D eigenvalue weighted by molar-refractivity contribution is 5.99. The fraction of sp³-hybridized carbons (Fsp3) is 0.273. The normalized spacial score (nSPS) is 10.8. The van der Waals surface area contributed by atoms with E-state index >= 15 is 0 Å². The quantitative estimate of drug-likeness (QED) is 0.605. The van der Waals surface area contributed by atoms with Gasteiger partial charge in [-0.2, -0.15) is 0 Å². The molecule has 3 N–H and O–H groups in total. The van der Waals surface area contributed by atoms with Gasteiger partial charge in [-0.15, -0.1) is 0 Å². The van der Waals surface area contributed by atoms with Crippen molar-refractivity contribution in [2.24, 2.45) is 0 Å². The Morgan fingerprint density at radius 1 is 1.04 bits per heavy atom. The van der Waals surface area contributed by atoms with Crippen LogP contribution < -0.4 is 10.6 Å². The maximum absolute atomic E-state index is 12.5. The number of nitrogens with one attached hydrogen (secondary N) is 3. The summed E-state index contributed by atoms with van der Waals surface area (Å²) in [7, 11) is 0. The molecule has 0 aliphatic carbocycles. The monoisotopic (exact) mass is 363 g/mol. The second-order valence-corrected chi connectivity index (χ2v) is 6.81. The third-order valence-corrected chi connectivity index (χ3v) is 4.74. The molecule has 0 atom stereocenters. The van der Waals surface area contributed by atoms with E-state index in [9.17, 15) is 9.59 Å². The lowest BCUT2D eigenvalue weighted by molar-refractivity contribution is -0.116. The molecule has 0 saturated carbocycles. The minimum atomic E-state index is -0.101. The molecule has 5 nitrogen and oxygen atoms in total. The van der Waals surface area contributed by atoms with Gasteiger partial charge in [0.15, 0.2) is 0 Å². The maximum atomic E-state index is 12.5. The van der Waals surface area contributed by atoms with Crippen molar-refractivity contribution in [1.29, 1.82) is 0 Å². The molecule has 3 aromatic rings. The van der Waals surface area contributed by atoms with E-state index in [0.717, 1.165) is 34.3 Å². The highest BCUT2D eigenvalue weighted by atomic mass is 16.2. The molecule has 0 unspecified atom stereocenters. The predicted molar refractivity (Wildman–Crippen MR) is 109 cm³/mol. The molecule has 2 amide bonds. The number of aromatic nitrogens is 1. The molecule has 1 aromatic heterocycles. The Hall–Kier alpha value is -3.08. The zero-order chi connectivity index (χ0) is 19.4. The second-order valence-electron chi connectivity index (χ2n) is 6.81. The first-order valence-electron chi connectivity index (χ1n) is 9.24. The van der Waals surface area contributed by atoms with E-state index in [-0.39, 0.29) is 11.8 Å². The maximum Gasteiger partial charge on any atom is 0.251 e. The van der Waals surface area contributed by atoms with Crippen LogP contribution in [0.5, 0.6) is 0 Å². The van der Waals surface area contributed by atoms with Crippen LogP contribution in [0.15, 0.2) is 42.5 Å². The van der Waals surface area contributed by atoms with Crippen LogP contribution in [0.25, 0.3) is 10.9 Å². The summed E-state index contributed by atoms with van der Waals surface area (Å²) in [6.07, 6.45) is 1.34. The molecule has 140 valence electrons. The van der Waals surface area contributed by atoms with Gasteiger partial charge in [-0.1, -0.05) is 19.1 Å². The fourth-order valence-electron chi connectivity index (χ4n) is 3.04. The minimum absolute atomic E-state index is 0.0178. The standard InChI is InChI=1S/C22H25N3O2/c1-4-5-21(26)25-18-9-6-16(7-10-18)13-23-22(27)17-8-11-20-19(12-17)14(2)15(3)24-20/h6-12,24H,4-5,13H2,1-3H3,(H,23,27)(H,25,26). The SMILES string of the molecule is CCCC(=O)Nc1ccc(CNC(=O)c2ccc3[nH]c(C)c(C)c3c2)cc1. The van der Waals surface area contributed by atoms with Gasteiger partial charge in [-0.25, -0.2) is 0 Å². The number of fused-ring (bicyclic) bond motifs is 1. The molecule has 0 aliphatic heterocycles. The van der Waals surface area contributed by atoms with Gasteiger partial charge in [0.1, 0.15) is 0 Å². The van der Waals surface area contributed by atoms with Crippen molar-refractivity contribution < 1.29 is 9.59 Å². The van der Waals surface area contributed by atoms with Crippen LogP contribution in [-0.4, -0.2) is 16.8 Å². The van der Waals surface area contributed by atoms with Crippen LogP contribution in [0.1, 0.15) is 46.9 Å². The van der Waals surface area contributed by atoms with Crippen LogP contribution in [0.4, 0.5) is 5.69 Å². The Bertz CT molecular complexity index is 971. The van der Waals surface area contributed by atoms with E-state index in [1.54, 1.807) is 0 Å². The number of amides is 2. The Balaban J connectivity index is 1.62. The molecule has 2 aromatic carbocycles. The summed E-state index contributed by atoms with van der Waals surface area (Å²) in [6, 6.07) is 13.2. The van der Waals surface area contributed by atoms with Crippen LogP contribution >= 0.6 is 0 Å². The molecule has 0 saturated heterocycles. The third kappa shape index (κ3) is 4.37. The molecule has 1 heterocycles. The highest BCUT2D eigenvalue weighted by Crippen LogP contribution is 2.22. The summed E-state index contributed by atoms with van der Waals surface area (Å²) in [5.74, 6) is -0.0836. The van der Waals surface area contributed by atoms with Gasteiger partial charge < -0.3 is 15.6 Å². The topological polar surface area (TPSA) is 74.0 Å². The van der Waals surface area contributed by atoms with Gasteiger partial charge in [0.25, 0.3) is 5.91 Å². The van der Waals surface area contributed by atoms with E-state index in [1.165, 1.54) is 5.56 Å². The van der Waals surface area contributed by atoms with E-state index in [0.29, 0.717) is 18.5 Å². The number of carbonyl (C=O) groups excluding carboxylic acids is 2. The average molecular weight is 363 g/mol. The minimum Gasteiger partial charge on any atom is -0.358 e. The number of aromatic amines is 1. The lowest BCUT2D eigenvalue weighted by atomic mass is 10.1. The van der Waals surface area contributed by atoms with Crippen LogP contribution in [0.2, 0.25) is 0 Å². The Labute approximate surface area is 159 Å². The molecule has 5 heteroatoms. The summed E-state index contributed by atoms with van der Waals surface area (Å²) in [5.41, 5.74) is 5.73. The van der Waals surface area contributed by atoms with Crippen LogP contribution in [-0.2, 0) is 11.3 Å². The molecule has 27 heavy (non-hydrogen) atoms. The fourth-order valence-corrected chi connectivity index (χ4v) is 3.04. The molecular weight excluding hydrogens is 338 g/mol. The molecule has 0 fully saturated rings. The highest BCUT2D eigenvalue weighted by Gasteiger charge is 2.10. The number of rotatable bonds is 6. The van der Waals surface area contributed by atoms with Crippen molar-refractivity contribution >= 4 is 28.4 Å². The summed E-state index contributed by atoms with van der Waals surface area (Å²) >= 11 is 0. The van der Waals surface area contributed by atoms with E-state index in [2.05, 4.69) is 22.5 Å². The molecular formula is C22H25N3O2. The molecule has 0 spiro atoms. The predicted octanol–water partition coefficient (Wildman–Crippen LogP) is 4.45. The first-order chi connectivity index (χ1) is 13.0. The summed E-state index contributed by atoms with van der Waals surface area (Å²) in [6.45, 7) is 6.49. The molecule has 0 bridgehead atoms. The molecule has 0 radical (unpaired) electrons. The summed E-state index contributed by atoms with van der Waals surface area (Å²) < 4.78 is 0. The number of anilines is 1. The lowest BCUT2D eigenvalue weighted by Crippen LogP contribution is -2.22. The Morgan fingerprint density at radius 2 is 1.78 bits per heavy atom. The third-order valence-electron chi connectivity index (χ3n) is 4.74. The zero-order valence-corrected chi connectivity index (χ0v) is 16.0. The van der Waals surface area contributed by atoms with Gasteiger partial charge in [0.05, 0.1) is 0 Å². The number of H-pyrrole nitrogens is 1. The first-order valence-corrected chi connectivity index (χ1v) is 9.24. The smallest absolute Gasteiger partial charge is 0.251 e. The summed E-state index contributed by atoms with van der Waals surface area (Å²) in [5, 5.41) is 6.88. The summed E-state index contributed by atoms with van der Waals surface area (Å²) in [4.78, 5) is 27.4. The van der Waals surface area contributed by atoms with Crippen molar-refractivity contribution in [2.75, 3.05) is 5.32 Å². The lowest BCUT2D eigenvalue weighted by Gasteiger charge is -2.08. The van der Waals surface area contributed by atoms with Crippen LogP contribution in [0.3, 0.4) is 0 Å². The Kier molecular flexibility index (Phi) is 5.60. The van der Waals surface area contributed by atoms with Gasteiger partial charge in [-0.3, -0.25) is 9.59 Å². The zero-order valence-electron chi connectivity index (χ0n) is 16.0. The number of carbonyl (C=O) groups is 2. The largest absolute Gasteiger partial charge is 0.358 e. The first kappa shape index (κ1) is 18.7. The average Bonchev–Trinajstić information content (AvgIpc) is 2.94. The van der Waals surface area contributed by atoms with Crippen LogP contribution in [0, 0.1) is 13.8 Å². The van der Waals surface area contributed by atoms with Gasteiger partial charge in [-0.05, 0) is 61.7 Å². The Morgan fingerprint density at radius 3 is 2.48 bits per heavy atom. The molecule has 0 aliphatic rings. The van der Waals surface area contributed by atoms with Gasteiger partial charge in [0.2, 0.25) is 5.91 Å². The van der Waals surface area contributed by atoms with Gasteiger partial charge in [0, 0.05) is 40.8 Å². The van der Waals surface area contributed by atoms with Crippen molar-refractivity contribution in [3.63, 3.8) is 0 Å². The number of aryl methyl sites for hydroxylation is 2. The second kappa shape index (κ2) is 8.08.